The molecule has 118 valence electrons. The SMILES string of the molecule is Cc1cc(S(N)(=O)=O)cc(C(C)C)c1NS(=O)(=O)C1CC1. The van der Waals surface area contributed by atoms with Gasteiger partial charge in [-0.05, 0) is 48.9 Å². The van der Waals surface area contributed by atoms with Crippen LogP contribution in [-0.4, -0.2) is 22.1 Å². The van der Waals surface area contributed by atoms with Crippen molar-refractivity contribution in [1.29, 1.82) is 0 Å². The maximum atomic E-state index is 12.1. The van der Waals surface area contributed by atoms with Gasteiger partial charge in [-0.25, -0.2) is 22.0 Å². The monoisotopic (exact) mass is 332 g/mol. The van der Waals surface area contributed by atoms with Crippen LogP contribution in [0.15, 0.2) is 17.0 Å². The Morgan fingerprint density at radius 1 is 1.19 bits per heavy atom. The second-order valence-corrected chi connectivity index (χ2v) is 9.27. The van der Waals surface area contributed by atoms with Crippen LogP contribution in [0.5, 0.6) is 0 Å². The van der Waals surface area contributed by atoms with E-state index in [9.17, 15) is 16.8 Å². The molecule has 1 aromatic carbocycles. The van der Waals surface area contributed by atoms with E-state index in [0.717, 1.165) is 0 Å². The Morgan fingerprint density at radius 2 is 1.76 bits per heavy atom. The van der Waals surface area contributed by atoms with Crippen molar-refractivity contribution in [3.05, 3.63) is 23.3 Å². The molecule has 1 aliphatic rings. The fraction of sp³-hybridized carbons (Fsp3) is 0.538. The highest BCUT2D eigenvalue weighted by Gasteiger charge is 2.36. The Balaban J connectivity index is 2.55. The van der Waals surface area contributed by atoms with Crippen LogP contribution in [0.25, 0.3) is 0 Å². The number of rotatable bonds is 5. The van der Waals surface area contributed by atoms with Gasteiger partial charge in [-0.1, -0.05) is 13.8 Å². The van der Waals surface area contributed by atoms with E-state index in [1.165, 1.54) is 12.1 Å². The zero-order chi connectivity index (χ0) is 16.0. The number of anilines is 1. The average Bonchev–Trinajstić information content (AvgIpc) is 3.13. The van der Waals surface area contributed by atoms with Gasteiger partial charge in [-0.2, -0.15) is 0 Å². The van der Waals surface area contributed by atoms with Crippen LogP contribution in [0, 0.1) is 6.92 Å². The summed E-state index contributed by atoms with van der Waals surface area (Å²) in [6.07, 6.45) is 1.33. The van der Waals surface area contributed by atoms with Crippen molar-refractivity contribution in [2.45, 2.75) is 49.7 Å². The summed E-state index contributed by atoms with van der Waals surface area (Å²) in [5, 5.41) is 4.83. The van der Waals surface area contributed by atoms with Crippen LogP contribution < -0.4 is 9.86 Å². The van der Waals surface area contributed by atoms with Crippen molar-refractivity contribution < 1.29 is 16.8 Å². The zero-order valence-electron chi connectivity index (χ0n) is 12.3. The van der Waals surface area contributed by atoms with Gasteiger partial charge in [0.25, 0.3) is 0 Å². The third kappa shape index (κ3) is 3.56. The Kier molecular flexibility index (Phi) is 4.07. The molecule has 21 heavy (non-hydrogen) atoms. The number of aryl methyl sites for hydroxylation is 1. The van der Waals surface area contributed by atoms with Gasteiger partial charge >= 0.3 is 0 Å². The lowest BCUT2D eigenvalue weighted by atomic mass is 9.99. The molecule has 0 atom stereocenters. The average molecular weight is 332 g/mol. The first-order valence-corrected chi connectivity index (χ1v) is 9.80. The van der Waals surface area contributed by atoms with Crippen molar-refractivity contribution in [3.8, 4) is 0 Å². The molecular weight excluding hydrogens is 312 g/mol. The summed E-state index contributed by atoms with van der Waals surface area (Å²) in [6, 6.07) is 2.84. The zero-order valence-corrected chi connectivity index (χ0v) is 13.9. The highest BCUT2D eigenvalue weighted by Crippen LogP contribution is 2.35. The first-order chi connectivity index (χ1) is 9.52. The molecule has 0 saturated heterocycles. The van der Waals surface area contributed by atoms with Crippen molar-refractivity contribution in [2.75, 3.05) is 4.72 Å². The Hall–Kier alpha value is -1.12. The number of hydrogen-bond donors (Lipinski definition) is 2. The lowest BCUT2D eigenvalue weighted by Crippen LogP contribution is -2.20. The fourth-order valence-corrected chi connectivity index (χ4v) is 4.26. The first-order valence-electron chi connectivity index (χ1n) is 6.71. The summed E-state index contributed by atoms with van der Waals surface area (Å²) < 4.78 is 49.9. The van der Waals surface area contributed by atoms with Gasteiger partial charge in [0.15, 0.2) is 0 Å². The second kappa shape index (κ2) is 5.26. The molecule has 1 fully saturated rings. The largest absolute Gasteiger partial charge is 0.283 e. The summed E-state index contributed by atoms with van der Waals surface area (Å²) in [5.74, 6) is -0.0395. The van der Waals surface area contributed by atoms with Crippen molar-refractivity contribution in [3.63, 3.8) is 0 Å². The van der Waals surface area contributed by atoms with Crippen molar-refractivity contribution in [2.24, 2.45) is 5.14 Å². The molecular formula is C13H20N2O4S2. The molecule has 0 amide bonds. The van der Waals surface area contributed by atoms with E-state index < -0.39 is 20.0 Å². The number of sulfonamides is 2. The van der Waals surface area contributed by atoms with Gasteiger partial charge in [0.2, 0.25) is 20.0 Å². The van der Waals surface area contributed by atoms with Gasteiger partial charge in [0.1, 0.15) is 0 Å². The molecule has 1 aliphatic carbocycles. The van der Waals surface area contributed by atoms with Gasteiger partial charge in [0.05, 0.1) is 15.8 Å². The molecule has 2 rings (SSSR count). The predicted octanol–water partition coefficient (Wildman–Crippen LogP) is 1.67. The van der Waals surface area contributed by atoms with E-state index in [1.54, 1.807) is 6.92 Å². The molecule has 3 N–H and O–H groups in total. The van der Waals surface area contributed by atoms with E-state index in [2.05, 4.69) is 4.72 Å². The molecule has 0 radical (unpaired) electrons. The smallest absolute Gasteiger partial charge is 0.238 e. The van der Waals surface area contributed by atoms with Crippen molar-refractivity contribution >= 4 is 25.7 Å². The second-order valence-electron chi connectivity index (χ2n) is 5.75. The number of hydrogen-bond acceptors (Lipinski definition) is 4. The van der Waals surface area contributed by atoms with E-state index in [0.29, 0.717) is 29.7 Å². The van der Waals surface area contributed by atoms with E-state index >= 15 is 0 Å². The summed E-state index contributed by atoms with van der Waals surface area (Å²) in [7, 11) is -7.22. The molecule has 0 aromatic heterocycles. The van der Waals surface area contributed by atoms with Gasteiger partial charge in [-0.3, -0.25) is 4.72 Å². The molecule has 0 heterocycles. The van der Waals surface area contributed by atoms with Crippen LogP contribution in [-0.2, 0) is 20.0 Å². The fourth-order valence-electron chi connectivity index (χ4n) is 2.14. The molecule has 1 aromatic rings. The van der Waals surface area contributed by atoms with E-state index in [1.807, 2.05) is 13.8 Å². The molecule has 8 heteroatoms. The third-order valence-electron chi connectivity index (χ3n) is 3.50. The predicted molar refractivity (Wildman–Crippen MR) is 82.2 cm³/mol. The van der Waals surface area contributed by atoms with Crippen LogP contribution in [0.4, 0.5) is 5.69 Å². The van der Waals surface area contributed by atoms with Crippen LogP contribution in [0.1, 0.15) is 43.7 Å². The third-order valence-corrected chi connectivity index (χ3v) is 6.23. The molecule has 0 unspecified atom stereocenters. The molecule has 6 nitrogen and oxygen atoms in total. The number of benzene rings is 1. The first kappa shape index (κ1) is 16.3. The topological polar surface area (TPSA) is 106 Å². The molecule has 0 aliphatic heterocycles. The Labute approximate surface area is 125 Å². The minimum atomic E-state index is -3.82. The summed E-state index contributed by atoms with van der Waals surface area (Å²) in [6.45, 7) is 5.42. The highest BCUT2D eigenvalue weighted by molar-refractivity contribution is 7.93. The summed E-state index contributed by atoms with van der Waals surface area (Å²) >= 11 is 0. The maximum absolute atomic E-state index is 12.1. The summed E-state index contributed by atoms with van der Waals surface area (Å²) in [4.78, 5) is -0.00179. The maximum Gasteiger partial charge on any atom is 0.238 e. The highest BCUT2D eigenvalue weighted by atomic mass is 32.2. The standard InChI is InChI=1S/C13H20N2O4S2/c1-8(2)12-7-11(20(14,16)17)6-9(3)13(12)15-21(18,19)10-4-5-10/h6-8,10,15H,4-5H2,1-3H3,(H2,14,16,17). The molecule has 0 spiro atoms. The number of nitrogens with one attached hydrogen (secondary N) is 1. The van der Waals surface area contributed by atoms with E-state index in [-0.39, 0.29) is 16.1 Å². The lowest BCUT2D eigenvalue weighted by molar-refractivity contribution is 0.597. The lowest BCUT2D eigenvalue weighted by Gasteiger charge is -2.18. The molecule has 1 saturated carbocycles. The Bertz CT molecular complexity index is 764. The van der Waals surface area contributed by atoms with Gasteiger partial charge < -0.3 is 0 Å². The number of primary sulfonamides is 1. The minimum Gasteiger partial charge on any atom is -0.283 e. The van der Waals surface area contributed by atoms with Crippen LogP contribution in [0.2, 0.25) is 0 Å². The van der Waals surface area contributed by atoms with Gasteiger partial charge in [-0.15, -0.1) is 0 Å². The van der Waals surface area contributed by atoms with Crippen molar-refractivity contribution in [1.82, 2.24) is 0 Å². The summed E-state index contributed by atoms with van der Waals surface area (Å²) in [5.41, 5.74) is 1.64. The molecule has 0 bridgehead atoms. The minimum absolute atomic E-state index is 0.00179. The van der Waals surface area contributed by atoms with Crippen LogP contribution >= 0.6 is 0 Å². The van der Waals surface area contributed by atoms with Crippen LogP contribution in [0.3, 0.4) is 0 Å². The van der Waals surface area contributed by atoms with Gasteiger partial charge in [0, 0.05) is 0 Å². The Morgan fingerprint density at radius 3 is 2.19 bits per heavy atom. The number of nitrogens with two attached hydrogens (primary N) is 1. The normalized spacial score (nSPS) is 16.2. The van der Waals surface area contributed by atoms with E-state index in [4.69, 9.17) is 5.14 Å². The quantitative estimate of drug-likeness (QED) is 0.855.